The molecule has 0 aliphatic carbocycles. The number of rotatable bonds is 7. The van der Waals surface area contributed by atoms with E-state index in [9.17, 15) is 16.8 Å². The van der Waals surface area contributed by atoms with Crippen LogP contribution in [0.2, 0.25) is 0 Å². The Morgan fingerprint density at radius 2 is 1.64 bits per heavy atom. The Morgan fingerprint density at radius 3 is 2.12 bits per heavy atom. The van der Waals surface area contributed by atoms with E-state index in [0.717, 1.165) is 0 Å². The van der Waals surface area contributed by atoms with Crippen molar-refractivity contribution >= 4 is 19.9 Å². The van der Waals surface area contributed by atoms with Gasteiger partial charge in [0.1, 0.15) is 5.75 Å². The van der Waals surface area contributed by atoms with E-state index in [1.54, 1.807) is 12.1 Å². The highest BCUT2D eigenvalue weighted by Crippen LogP contribution is 2.26. The van der Waals surface area contributed by atoms with Crippen LogP contribution in [0.1, 0.15) is 33.6 Å². The minimum atomic E-state index is -3.60. The van der Waals surface area contributed by atoms with Crippen molar-refractivity contribution < 1.29 is 21.6 Å². The van der Waals surface area contributed by atoms with Crippen LogP contribution in [0.3, 0.4) is 0 Å². The lowest BCUT2D eigenvalue weighted by molar-refractivity contribution is 0.339. The first-order chi connectivity index (χ1) is 11.7. The molecule has 142 valence electrons. The Balaban J connectivity index is 2.06. The Labute approximate surface area is 151 Å². The number of sulfonamides is 1. The molecule has 25 heavy (non-hydrogen) atoms. The zero-order chi connectivity index (χ0) is 18.7. The van der Waals surface area contributed by atoms with Crippen molar-refractivity contribution in [3.8, 4) is 5.75 Å². The molecule has 1 aliphatic rings. The minimum Gasteiger partial charge on any atom is -0.494 e. The fraction of sp³-hybridized carbons (Fsp3) is 0.647. The third kappa shape index (κ3) is 4.95. The van der Waals surface area contributed by atoms with Crippen molar-refractivity contribution in [3.63, 3.8) is 0 Å². The summed E-state index contributed by atoms with van der Waals surface area (Å²) < 4.78 is 56.8. The molecule has 1 aliphatic heterocycles. The van der Waals surface area contributed by atoms with E-state index in [-0.39, 0.29) is 29.7 Å². The first-order valence-electron chi connectivity index (χ1n) is 8.61. The van der Waals surface area contributed by atoms with Gasteiger partial charge in [-0.3, -0.25) is 0 Å². The fourth-order valence-corrected chi connectivity index (χ4v) is 6.66. The number of hydrogen-bond acceptors (Lipinski definition) is 5. The van der Waals surface area contributed by atoms with Crippen molar-refractivity contribution in [2.24, 2.45) is 5.92 Å². The highest BCUT2D eigenvalue weighted by Gasteiger charge is 2.35. The Morgan fingerprint density at radius 1 is 1.08 bits per heavy atom. The van der Waals surface area contributed by atoms with Crippen LogP contribution >= 0.6 is 0 Å². The average molecular weight is 390 g/mol. The molecule has 1 fully saturated rings. The molecule has 1 heterocycles. The van der Waals surface area contributed by atoms with Crippen LogP contribution in [0.5, 0.6) is 5.75 Å². The number of sulfone groups is 1. The Bertz CT molecular complexity index is 762. The molecule has 0 saturated carbocycles. The van der Waals surface area contributed by atoms with Crippen molar-refractivity contribution in [2.45, 2.75) is 43.8 Å². The van der Waals surface area contributed by atoms with Crippen LogP contribution in [0.25, 0.3) is 0 Å². The van der Waals surface area contributed by atoms with Gasteiger partial charge >= 0.3 is 0 Å². The van der Waals surface area contributed by atoms with Gasteiger partial charge in [-0.2, -0.15) is 4.31 Å². The molecule has 0 unspecified atom stereocenters. The van der Waals surface area contributed by atoms with Crippen LogP contribution in [-0.2, 0) is 19.9 Å². The average Bonchev–Trinajstić information content (AvgIpc) is 2.55. The molecule has 1 aromatic rings. The van der Waals surface area contributed by atoms with E-state index in [4.69, 9.17) is 4.74 Å². The molecule has 1 saturated heterocycles. The van der Waals surface area contributed by atoms with E-state index in [0.29, 0.717) is 25.2 Å². The standard InChI is InChI=1S/C17H27NO5S2/c1-4-23-15-5-7-17(8-6-15)25(21,22)18-11-9-16(10-12-18)24(19,20)13-14(2)3/h5-8,14,16H,4,9-13H2,1-3H3. The number of ether oxygens (including phenoxy) is 1. The zero-order valence-corrected chi connectivity index (χ0v) is 16.6. The lowest BCUT2D eigenvalue weighted by atomic mass is 10.2. The molecule has 1 aromatic carbocycles. The van der Waals surface area contributed by atoms with Crippen molar-refractivity contribution in [3.05, 3.63) is 24.3 Å². The summed E-state index contributed by atoms with van der Waals surface area (Å²) in [6.07, 6.45) is 0.705. The summed E-state index contributed by atoms with van der Waals surface area (Å²) >= 11 is 0. The largest absolute Gasteiger partial charge is 0.494 e. The van der Waals surface area contributed by atoms with Gasteiger partial charge in [-0.15, -0.1) is 0 Å². The predicted octanol–water partition coefficient (Wildman–Crippen LogP) is 2.31. The molecule has 0 amide bonds. The van der Waals surface area contributed by atoms with Crippen LogP contribution in [-0.4, -0.2) is 51.8 Å². The predicted molar refractivity (Wildman–Crippen MR) is 98.0 cm³/mol. The van der Waals surface area contributed by atoms with Crippen molar-refractivity contribution in [1.82, 2.24) is 4.31 Å². The first-order valence-corrected chi connectivity index (χ1v) is 11.8. The summed E-state index contributed by atoms with van der Waals surface area (Å²) in [6.45, 7) is 6.60. The van der Waals surface area contributed by atoms with E-state index in [1.165, 1.54) is 16.4 Å². The third-order valence-electron chi connectivity index (χ3n) is 4.25. The van der Waals surface area contributed by atoms with Gasteiger partial charge < -0.3 is 4.74 Å². The van der Waals surface area contributed by atoms with Gasteiger partial charge in [0, 0.05) is 13.1 Å². The smallest absolute Gasteiger partial charge is 0.243 e. The maximum absolute atomic E-state index is 12.7. The number of hydrogen-bond donors (Lipinski definition) is 0. The maximum atomic E-state index is 12.7. The van der Waals surface area contributed by atoms with E-state index < -0.39 is 25.1 Å². The monoisotopic (exact) mass is 389 g/mol. The molecule has 0 atom stereocenters. The molecular weight excluding hydrogens is 362 g/mol. The van der Waals surface area contributed by atoms with Gasteiger partial charge in [0.15, 0.2) is 9.84 Å². The molecule has 6 nitrogen and oxygen atoms in total. The lowest BCUT2D eigenvalue weighted by Crippen LogP contribution is -2.43. The number of benzene rings is 1. The summed E-state index contributed by atoms with van der Waals surface area (Å²) in [4.78, 5) is 0.208. The number of nitrogens with zero attached hydrogens (tertiary/aromatic N) is 1. The molecule has 0 radical (unpaired) electrons. The third-order valence-corrected chi connectivity index (χ3v) is 8.78. The second kappa shape index (κ2) is 8.05. The van der Waals surface area contributed by atoms with Crippen LogP contribution in [0.15, 0.2) is 29.2 Å². The summed E-state index contributed by atoms with van der Waals surface area (Å²) in [6, 6.07) is 6.33. The highest BCUT2D eigenvalue weighted by molar-refractivity contribution is 7.92. The van der Waals surface area contributed by atoms with Crippen LogP contribution in [0.4, 0.5) is 0 Å². The SMILES string of the molecule is CCOc1ccc(S(=O)(=O)N2CCC(S(=O)(=O)CC(C)C)CC2)cc1. The van der Waals surface area contributed by atoms with E-state index >= 15 is 0 Å². The molecule has 2 rings (SSSR count). The quantitative estimate of drug-likeness (QED) is 0.715. The Kier molecular flexibility index (Phi) is 6.51. The molecule has 0 aromatic heterocycles. The van der Waals surface area contributed by atoms with Gasteiger partial charge in [0.25, 0.3) is 0 Å². The van der Waals surface area contributed by atoms with Crippen LogP contribution < -0.4 is 4.74 Å². The molecule has 0 spiro atoms. The van der Waals surface area contributed by atoms with Crippen molar-refractivity contribution in [2.75, 3.05) is 25.4 Å². The van der Waals surface area contributed by atoms with E-state index in [1.807, 2.05) is 20.8 Å². The summed E-state index contributed by atoms with van der Waals surface area (Å²) in [5.74, 6) is 0.860. The number of piperidine rings is 1. The second-order valence-electron chi connectivity index (χ2n) is 6.73. The zero-order valence-electron chi connectivity index (χ0n) is 15.0. The first kappa shape index (κ1) is 20.2. The normalized spacial score (nSPS) is 17.8. The van der Waals surface area contributed by atoms with Gasteiger partial charge in [-0.1, -0.05) is 13.8 Å². The molecule has 0 bridgehead atoms. The van der Waals surface area contributed by atoms with Crippen molar-refractivity contribution in [1.29, 1.82) is 0 Å². The van der Waals surface area contributed by atoms with Crippen LogP contribution in [0, 0.1) is 5.92 Å². The highest BCUT2D eigenvalue weighted by atomic mass is 32.2. The summed E-state index contributed by atoms with van der Waals surface area (Å²) in [5, 5.41) is -0.443. The summed E-state index contributed by atoms with van der Waals surface area (Å²) in [7, 11) is -6.77. The second-order valence-corrected chi connectivity index (χ2v) is 11.0. The summed E-state index contributed by atoms with van der Waals surface area (Å²) in [5.41, 5.74) is 0. The van der Waals surface area contributed by atoms with Gasteiger partial charge in [0.05, 0.1) is 22.5 Å². The van der Waals surface area contributed by atoms with Gasteiger partial charge in [-0.25, -0.2) is 16.8 Å². The Hall–Kier alpha value is -1.12. The maximum Gasteiger partial charge on any atom is 0.243 e. The van der Waals surface area contributed by atoms with E-state index in [2.05, 4.69) is 0 Å². The molecular formula is C17H27NO5S2. The minimum absolute atomic E-state index is 0.0793. The molecule has 8 heteroatoms. The fourth-order valence-electron chi connectivity index (χ4n) is 3.06. The van der Waals surface area contributed by atoms with Gasteiger partial charge in [-0.05, 0) is 49.9 Å². The van der Waals surface area contributed by atoms with Gasteiger partial charge in [0.2, 0.25) is 10.0 Å². The molecule has 0 N–H and O–H groups in total. The topological polar surface area (TPSA) is 80.8 Å². The lowest BCUT2D eigenvalue weighted by Gasteiger charge is -2.31.